The molecule has 132 valence electrons. The highest BCUT2D eigenvalue weighted by Crippen LogP contribution is 2.34. The fourth-order valence-electron chi connectivity index (χ4n) is 3.16. The van der Waals surface area contributed by atoms with Gasteiger partial charge in [-0.1, -0.05) is 19.6 Å². The third kappa shape index (κ3) is 4.04. The van der Waals surface area contributed by atoms with Crippen LogP contribution in [-0.4, -0.2) is 37.4 Å². The van der Waals surface area contributed by atoms with Crippen molar-refractivity contribution in [2.75, 3.05) is 19.8 Å². The summed E-state index contributed by atoms with van der Waals surface area (Å²) in [5.41, 5.74) is 1.73. The van der Waals surface area contributed by atoms with Crippen molar-refractivity contribution in [1.29, 1.82) is 0 Å². The second-order valence-electron chi connectivity index (χ2n) is 7.78. The molecule has 0 amide bonds. The lowest BCUT2D eigenvalue weighted by molar-refractivity contribution is 0.0840. The number of ether oxygens (including phenoxy) is 2. The highest BCUT2D eigenvalue weighted by molar-refractivity contribution is 6.76. The summed E-state index contributed by atoms with van der Waals surface area (Å²) in [4.78, 5) is 4.41. The lowest BCUT2D eigenvalue weighted by Crippen LogP contribution is -2.22. The SMILES string of the molecule is C[Si](C)(C)CCOCn1cc(C2CCOCC2)c2c(F)ccnc21. The summed E-state index contributed by atoms with van der Waals surface area (Å²) >= 11 is 0. The van der Waals surface area contributed by atoms with Gasteiger partial charge in [0.2, 0.25) is 0 Å². The second-order valence-corrected chi connectivity index (χ2v) is 13.4. The van der Waals surface area contributed by atoms with Gasteiger partial charge in [-0.05, 0) is 36.4 Å². The highest BCUT2D eigenvalue weighted by Gasteiger charge is 2.23. The van der Waals surface area contributed by atoms with Crippen molar-refractivity contribution in [2.24, 2.45) is 0 Å². The first kappa shape index (κ1) is 17.6. The van der Waals surface area contributed by atoms with Crippen molar-refractivity contribution >= 4 is 19.1 Å². The number of halogens is 1. The van der Waals surface area contributed by atoms with Crippen LogP contribution in [0, 0.1) is 5.82 Å². The Balaban J connectivity index is 1.81. The van der Waals surface area contributed by atoms with E-state index in [9.17, 15) is 4.39 Å². The van der Waals surface area contributed by atoms with E-state index in [2.05, 4.69) is 24.6 Å². The molecule has 1 aliphatic heterocycles. The zero-order valence-electron chi connectivity index (χ0n) is 14.8. The molecule has 1 aliphatic rings. The summed E-state index contributed by atoms with van der Waals surface area (Å²) in [6.45, 7) is 9.67. The molecule has 4 nitrogen and oxygen atoms in total. The van der Waals surface area contributed by atoms with Gasteiger partial charge in [0, 0.05) is 40.3 Å². The molecule has 2 aromatic heterocycles. The summed E-state index contributed by atoms with van der Waals surface area (Å²) in [5, 5.41) is 0.651. The molecule has 1 fully saturated rings. The van der Waals surface area contributed by atoms with Crippen molar-refractivity contribution < 1.29 is 13.9 Å². The number of pyridine rings is 1. The van der Waals surface area contributed by atoms with E-state index in [-0.39, 0.29) is 5.82 Å². The Morgan fingerprint density at radius 3 is 2.79 bits per heavy atom. The first-order chi connectivity index (χ1) is 11.5. The molecule has 0 aliphatic carbocycles. The molecule has 0 saturated carbocycles. The zero-order valence-corrected chi connectivity index (χ0v) is 15.8. The molecule has 0 N–H and O–H groups in total. The van der Waals surface area contributed by atoms with Gasteiger partial charge in [-0.25, -0.2) is 9.37 Å². The predicted molar refractivity (Wildman–Crippen MR) is 96.6 cm³/mol. The summed E-state index contributed by atoms with van der Waals surface area (Å²) in [6, 6.07) is 2.57. The van der Waals surface area contributed by atoms with E-state index >= 15 is 0 Å². The normalized spacial score (nSPS) is 16.8. The van der Waals surface area contributed by atoms with Gasteiger partial charge in [-0.15, -0.1) is 0 Å². The van der Waals surface area contributed by atoms with Crippen molar-refractivity contribution in [3.63, 3.8) is 0 Å². The minimum absolute atomic E-state index is 0.192. The van der Waals surface area contributed by atoms with Crippen molar-refractivity contribution in [2.45, 2.75) is 51.2 Å². The molecule has 0 radical (unpaired) electrons. The Bertz CT molecular complexity index is 690. The minimum Gasteiger partial charge on any atom is -0.381 e. The molecule has 0 atom stereocenters. The second kappa shape index (κ2) is 7.33. The smallest absolute Gasteiger partial charge is 0.144 e. The van der Waals surface area contributed by atoms with Crippen molar-refractivity contribution in [3.8, 4) is 0 Å². The predicted octanol–water partition coefficient (Wildman–Crippen LogP) is 4.38. The fraction of sp³-hybridized carbons (Fsp3) is 0.611. The fourth-order valence-corrected chi connectivity index (χ4v) is 3.92. The summed E-state index contributed by atoms with van der Waals surface area (Å²) in [5.74, 6) is 0.144. The third-order valence-corrected chi connectivity index (χ3v) is 6.33. The summed E-state index contributed by atoms with van der Waals surface area (Å²) < 4.78 is 27.7. The Labute approximate surface area is 144 Å². The molecule has 6 heteroatoms. The van der Waals surface area contributed by atoms with E-state index in [1.807, 2.05) is 10.8 Å². The van der Waals surface area contributed by atoms with Gasteiger partial charge in [0.25, 0.3) is 0 Å². The maximum absolute atomic E-state index is 14.4. The van der Waals surface area contributed by atoms with Crippen LogP contribution in [0.25, 0.3) is 11.0 Å². The average Bonchev–Trinajstić information content (AvgIpc) is 2.92. The van der Waals surface area contributed by atoms with Crippen molar-refractivity contribution in [3.05, 3.63) is 29.8 Å². The van der Waals surface area contributed by atoms with E-state index < -0.39 is 8.07 Å². The molecular weight excluding hydrogens is 323 g/mol. The van der Waals surface area contributed by atoms with Gasteiger partial charge in [0.05, 0.1) is 5.39 Å². The first-order valence-electron chi connectivity index (χ1n) is 8.74. The number of rotatable bonds is 6. The van der Waals surface area contributed by atoms with Crippen LogP contribution in [0.2, 0.25) is 25.7 Å². The van der Waals surface area contributed by atoms with Gasteiger partial charge in [0.1, 0.15) is 18.2 Å². The van der Waals surface area contributed by atoms with Crippen LogP contribution in [0.5, 0.6) is 0 Å². The standard InChI is InChI=1S/C18H27FN2O2Si/c1-24(2,3)11-10-23-13-21-12-15(14-5-8-22-9-6-14)17-16(19)4-7-20-18(17)21/h4,7,12,14H,5-6,8-11,13H2,1-3H3. The van der Waals surface area contributed by atoms with Gasteiger partial charge in [-0.2, -0.15) is 0 Å². The highest BCUT2D eigenvalue weighted by atomic mass is 28.3. The molecule has 3 heterocycles. The van der Waals surface area contributed by atoms with E-state index in [0.717, 1.165) is 44.3 Å². The molecule has 2 aromatic rings. The van der Waals surface area contributed by atoms with Crippen LogP contribution in [0.3, 0.4) is 0 Å². The zero-order chi connectivity index (χ0) is 17.2. The molecule has 0 aromatic carbocycles. The van der Waals surface area contributed by atoms with Crippen LogP contribution in [0.15, 0.2) is 18.5 Å². The molecule has 3 rings (SSSR count). The Kier molecular flexibility index (Phi) is 5.37. The monoisotopic (exact) mass is 350 g/mol. The molecule has 1 saturated heterocycles. The number of fused-ring (bicyclic) bond motifs is 1. The van der Waals surface area contributed by atoms with Crippen LogP contribution in [-0.2, 0) is 16.2 Å². The number of nitrogens with zero attached hydrogens (tertiary/aromatic N) is 2. The van der Waals surface area contributed by atoms with Gasteiger partial charge in [0.15, 0.2) is 0 Å². The first-order valence-corrected chi connectivity index (χ1v) is 12.5. The van der Waals surface area contributed by atoms with Crippen LogP contribution < -0.4 is 0 Å². The third-order valence-electron chi connectivity index (χ3n) is 4.62. The molecule has 0 bridgehead atoms. The topological polar surface area (TPSA) is 36.3 Å². The lowest BCUT2D eigenvalue weighted by Gasteiger charge is -2.21. The molecular formula is C18H27FN2O2Si. The summed E-state index contributed by atoms with van der Waals surface area (Å²) in [7, 11) is -1.10. The molecule has 0 spiro atoms. The lowest BCUT2D eigenvalue weighted by atomic mass is 9.92. The number of hydrogen-bond acceptors (Lipinski definition) is 3. The average molecular weight is 351 g/mol. The van der Waals surface area contributed by atoms with Crippen LogP contribution in [0.1, 0.15) is 24.3 Å². The largest absolute Gasteiger partial charge is 0.381 e. The van der Waals surface area contributed by atoms with Crippen LogP contribution >= 0.6 is 0 Å². The van der Waals surface area contributed by atoms with Gasteiger partial charge in [-0.3, -0.25) is 0 Å². The van der Waals surface area contributed by atoms with E-state index in [0.29, 0.717) is 23.7 Å². The number of aromatic nitrogens is 2. The Morgan fingerprint density at radius 1 is 1.33 bits per heavy atom. The Hall–Kier alpha value is -1.24. The maximum atomic E-state index is 14.4. The summed E-state index contributed by atoms with van der Waals surface area (Å²) in [6.07, 6.45) is 5.43. The van der Waals surface area contributed by atoms with Gasteiger partial charge < -0.3 is 14.0 Å². The minimum atomic E-state index is -1.10. The van der Waals surface area contributed by atoms with Crippen molar-refractivity contribution in [1.82, 2.24) is 9.55 Å². The van der Waals surface area contributed by atoms with E-state index in [1.165, 1.54) is 12.3 Å². The molecule has 0 unspecified atom stereocenters. The van der Waals surface area contributed by atoms with E-state index in [4.69, 9.17) is 9.47 Å². The van der Waals surface area contributed by atoms with E-state index in [1.54, 1.807) is 0 Å². The maximum Gasteiger partial charge on any atom is 0.144 e. The Morgan fingerprint density at radius 2 is 2.08 bits per heavy atom. The van der Waals surface area contributed by atoms with Crippen LogP contribution in [0.4, 0.5) is 4.39 Å². The number of hydrogen-bond donors (Lipinski definition) is 0. The quantitative estimate of drug-likeness (QED) is 0.573. The molecule has 24 heavy (non-hydrogen) atoms. The van der Waals surface area contributed by atoms with Gasteiger partial charge >= 0.3 is 0 Å².